The predicted molar refractivity (Wildman–Crippen MR) is 125 cm³/mol. The number of halogens is 1. The molecule has 34 heavy (non-hydrogen) atoms. The van der Waals surface area contributed by atoms with Crippen molar-refractivity contribution in [1.82, 2.24) is 20.4 Å². The van der Waals surface area contributed by atoms with Crippen LogP contribution in [0.4, 0.5) is 0 Å². The van der Waals surface area contributed by atoms with Gasteiger partial charge in [-0.2, -0.15) is 5.10 Å². The number of carbonyl (C=O) groups is 3. The van der Waals surface area contributed by atoms with Crippen LogP contribution < -0.4 is 10.1 Å². The van der Waals surface area contributed by atoms with Gasteiger partial charge in [-0.25, -0.2) is 0 Å². The highest BCUT2D eigenvalue weighted by molar-refractivity contribution is 7.17. The topological polar surface area (TPSA) is 111 Å². The van der Waals surface area contributed by atoms with Gasteiger partial charge in [-0.3, -0.25) is 14.4 Å². The quantitative estimate of drug-likeness (QED) is 0.601. The van der Waals surface area contributed by atoms with E-state index >= 15 is 0 Å². The van der Waals surface area contributed by atoms with Crippen LogP contribution >= 0.6 is 22.9 Å². The van der Waals surface area contributed by atoms with E-state index in [0.717, 1.165) is 30.6 Å². The van der Waals surface area contributed by atoms with Crippen molar-refractivity contribution < 1.29 is 23.9 Å². The summed E-state index contributed by atoms with van der Waals surface area (Å²) in [6.07, 6.45) is 4.74. The molecule has 1 aliphatic carbocycles. The molecule has 0 aromatic carbocycles. The number of alkyl halides is 1. The zero-order valence-corrected chi connectivity index (χ0v) is 20.2. The highest BCUT2D eigenvalue weighted by Gasteiger charge is 2.53. The van der Waals surface area contributed by atoms with Gasteiger partial charge in [0, 0.05) is 12.6 Å². The SMILES string of the molecule is COc1cnnc(-c2ccc(C(=O)NC(C(=O)N3CC(Cl)C4OCC(=O)C43)C3CCCC3)s2)c1. The Morgan fingerprint density at radius 2 is 2.12 bits per heavy atom. The van der Waals surface area contributed by atoms with E-state index in [-0.39, 0.29) is 36.7 Å². The number of thiophene rings is 1. The van der Waals surface area contributed by atoms with Gasteiger partial charge in [-0.05, 0) is 30.9 Å². The second-order valence-electron chi connectivity index (χ2n) is 8.83. The molecule has 3 fully saturated rings. The predicted octanol–water partition coefficient (Wildman–Crippen LogP) is 2.29. The van der Waals surface area contributed by atoms with E-state index in [4.69, 9.17) is 21.1 Å². The molecule has 2 amide bonds. The Hall–Kier alpha value is -2.56. The average molecular weight is 505 g/mol. The van der Waals surface area contributed by atoms with Crippen LogP contribution in [0.2, 0.25) is 0 Å². The van der Waals surface area contributed by atoms with Crippen LogP contribution in [0.25, 0.3) is 10.6 Å². The standard InChI is InChI=1S/C23H25ClN4O5S/c1-32-13-8-15(27-25-9-13)17-6-7-18(34-17)22(30)26-19(12-4-2-3-5-12)23(31)28-10-14(24)21-20(28)16(29)11-33-21/h6-9,12,14,19-21H,2-5,10-11H2,1H3,(H,26,30). The number of Topliss-reactive ketones (excluding diaryl/α,β-unsaturated/α-hetero) is 1. The molecule has 3 aliphatic rings. The number of ketones is 1. The lowest BCUT2D eigenvalue weighted by Gasteiger charge is -2.30. The summed E-state index contributed by atoms with van der Waals surface area (Å²) in [7, 11) is 1.55. The highest BCUT2D eigenvalue weighted by Crippen LogP contribution is 2.35. The molecule has 0 spiro atoms. The van der Waals surface area contributed by atoms with Crippen LogP contribution in [-0.2, 0) is 14.3 Å². The fourth-order valence-corrected chi connectivity index (χ4v) is 6.29. The molecule has 2 aromatic rings. The fraction of sp³-hybridized carbons (Fsp3) is 0.522. The number of ether oxygens (including phenoxy) is 2. The minimum Gasteiger partial charge on any atom is -0.495 e. The Balaban J connectivity index is 1.35. The van der Waals surface area contributed by atoms with Crippen molar-refractivity contribution in [1.29, 1.82) is 0 Å². The van der Waals surface area contributed by atoms with E-state index in [0.29, 0.717) is 16.3 Å². The molecule has 5 rings (SSSR count). The first-order chi connectivity index (χ1) is 16.5. The molecule has 9 nitrogen and oxygen atoms in total. The molecule has 11 heteroatoms. The van der Waals surface area contributed by atoms with E-state index in [1.54, 1.807) is 25.3 Å². The molecule has 1 saturated carbocycles. The zero-order valence-electron chi connectivity index (χ0n) is 18.6. The first kappa shape index (κ1) is 23.2. The normalized spacial score (nSPS) is 25.4. The molecule has 0 radical (unpaired) electrons. The molecular formula is C23H25ClN4O5S. The van der Waals surface area contributed by atoms with Crippen molar-refractivity contribution in [2.75, 3.05) is 20.3 Å². The number of nitrogens with zero attached hydrogens (tertiary/aromatic N) is 3. The van der Waals surface area contributed by atoms with E-state index in [1.807, 2.05) is 0 Å². The Labute approximate surface area is 205 Å². The van der Waals surface area contributed by atoms with Crippen LogP contribution in [0.3, 0.4) is 0 Å². The third kappa shape index (κ3) is 4.30. The number of nitrogens with one attached hydrogen (secondary N) is 1. The molecule has 1 N–H and O–H groups in total. The summed E-state index contributed by atoms with van der Waals surface area (Å²) in [5.74, 6) is -0.133. The van der Waals surface area contributed by atoms with Crippen molar-refractivity contribution >= 4 is 40.5 Å². The summed E-state index contributed by atoms with van der Waals surface area (Å²) < 4.78 is 10.7. The third-order valence-electron chi connectivity index (χ3n) is 6.78. The monoisotopic (exact) mass is 504 g/mol. The van der Waals surface area contributed by atoms with E-state index in [9.17, 15) is 14.4 Å². The Morgan fingerprint density at radius 1 is 1.32 bits per heavy atom. The molecule has 4 heterocycles. The van der Waals surface area contributed by atoms with Gasteiger partial charge in [0.05, 0.1) is 28.4 Å². The van der Waals surface area contributed by atoms with E-state index < -0.39 is 23.6 Å². The number of carbonyl (C=O) groups excluding carboxylic acids is 3. The van der Waals surface area contributed by atoms with Gasteiger partial charge in [0.1, 0.15) is 36.2 Å². The number of hydrogen-bond acceptors (Lipinski definition) is 8. The van der Waals surface area contributed by atoms with Crippen molar-refractivity contribution in [3.05, 3.63) is 29.3 Å². The minimum atomic E-state index is -0.715. The number of likely N-dealkylation sites (tertiary alicyclic amines) is 1. The number of aromatic nitrogens is 2. The summed E-state index contributed by atoms with van der Waals surface area (Å²) in [5.41, 5.74) is 0.600. The summed E-state index contributed by atoms with van der Waals surface area (Å²) in [5, 5.41) is 10.6. The summed E-state index contributed by atoms with van der Waals surface area (Å²) in [4.78, 5) is 42.0. The summed E-state index contributed by atoms with van der Waals surface area (Å²) in [6.45, 7) is 0.201. The maximum Gasteiger partial charge on any atom is 0.262 e. The van der Waals surface area contributed by atoms with Crippen LogP contribution in [0.15, 0.2) is 24.4 Å². The van der Waals surface area contributed by atoms with Gasteiger partial charge >= 0.3 is 0 Å². The fourth-order valence-electron chi connectivity index (χ4n) is 5.07. The maximum atomic E-state index is 13.6. The first-order valence-electron chi connectivity index (χ1n) is 11.3. The Kier molecular flexibility index (Phi) is 6.54. The number of rotatable bonds is 6. The molecule has 2 saturated heterocycles. The molecule has 0 bridgehead atoms. The lowest BCUT2D eigenvalue weighted by molar-refractivity contribution is -0.139. The van der Waals surface area contributed by atoms with Gasteiger partial charge in [0.25, 0.3) is 5.91 Å². The van der Waals surface area contributed by atoms with Gasteiger partial charge in [-0.15, -0.1) is 28.0 Å². The van der Waals surface area contributed by atoms with Crippen LogP contribution in [0.1, 0.15) is 35.4 Å². The van der Waals surface area contributed by atoms with Crippen LogP contribution in [-0.4, -0.2) is 76.5 Å². The molecule has 2 aromatic heterocycles. The Bertz CT molecular complexity index is 1100. The van der Waals surface area contributed by atoms with E-state index in [2.05, 4.69) is 15.5 Å². The molecule has 180 valence electrons. The average Bonchev–Trinajstić information content (AvgIpc) is 3.64. The van der Waals surface area contributed by atoms with Gasteiger partial charge in [-0.1, -0.05) is 12.8 Å². The third-order valence-corrected chi connectivity index (χ3v) is 8.27. The summed E-state index contributed by atoms with van der Waals surface area (Å²) in [6, 6.07) is 3.87. The summed E-state index contributed by atoms with van der Waals surface area (Å²) >= 11 is 7.66. The first-order valence-corrected chi connectivity index (χ1v) is 12.6. The van der Waals surface area contributed by atoms with Gasteiger partial charge in [0.2, 0.25) is 5.91 Å². The lowest BCUT2D eigenvalue weighted by atomic mass is 9.96. The van der Waals surface area contributed by atoms with Crippen LogP contribution in [0, 0.1) is 5.92 Å². The number of hydrogen-bond donors (Lipinski definition) is 1. The molecule has 4 atom stereocenters. The highest BCUT2D eigenvalue weighted by atomic mass is 35.5. The van der Waals surface area contributed by atoms with Crippen LogP contribution in [0.5, 0.6) is 5.75 Å². The number of methoxy groups -OCH3 is 1. The lowest BCUT2D eigenvalue weighted by Crippen LogP contribution is -2.54. The van der Waals surface area contributed by atoms with Crippen molar-refractivity contribution in [2.24, 2.45) is 5.92 Å². The van der Waals surface area contributed by atoms with Crippen molar-refractivity contribution in [2.45, 2.75) is 49.2 Å². The second kappa shape index (κ2) is 9.59. The maximum absolute atomic E-state index is 13.6. The van der Waals surface area contributed by atoms with Crippen molar-refractivity contribution in [3.8, 4) is 16.3 Å². The smallest absolute Gasteiger partial charge is 0.262 e. The number of fused-ring (bicyclic) bond motifs is 1. The van der Waals surface area contributed by atoms with E-state index in [1.165, 1.54) is 22.4 Å². The zero-order chi connectivity index (χ0) is 23.8. The van der Waals surface area contributed by atoms with Gasteiger partial charge < -0.3 is 19.7 Å². The minimum absolute atomic E-state index is 0.0189. The Morgan fingerprint density at radius 3 is 2.88 bits per heavy atom. The van der Waals surface area contributed by atoms with Gasteiger partial charge in [0.15, 0.2) is 5.78 Å². The molecule has 2 aliphatic heterocycles. The second-order valence-corrected chi connectivity index (χ2v) is 10.5. The molecular weight excluding hydrogens is 480 g/mol. The molecule has 4 unspecified atom stereocenters. The largest absolute Gasteiger partial charge is 0.495 e. The number of amides is 2. The van der Waals surface area contributed by atoms with Crippen molar-refractivity contribution in [3.63, 3.8) is 0 Å².